The van der Waals surface area contributed by atoms with Gasteiger partial charge in [0.1, 0.15) is 12.4 Å². The second kappa shape index (κ2) is 12.6. The molecule has 3 aromatic rings. The summed E-state index contributed by atoms with van der Waals surface area (Å²) < 4.78 is 5.82. The zero-order valence-corrected chi connectivity index (χ0v) is 20.2. The normalized spacial score (nSPS) is 11.5. The summed E-state index contributed by atoms with van der Waals surface area (Å²) in [4.78, 5) is 16.6. The van der Waals surface area contributed by atoms with E-state index in [2.05, 4.69) is 55.4 Å². The van der Waals surface area contributed by atoms with E-state index in [-0.39, 0.29) is 6.42 Å². The van der Waals surface area contributed by atoms with Crippen molar-refractivity contribution < 1.29 is 19.5 Å². The number of aliphatic carboxylic acids is 1. The Hall–Kier alpha value is -3.60. The molecule has 5 nitrogen and oxygen atoms in total. The van der Waals surface area contributed by atoms with Gasteiger partial charge in [0.2, 0.25) is 0 Å². The number of ether oxygens (including phenoxy) is 1. The van der Waals surface area contributed by atoms with E-state index in [4.69, 9.17) is 14.7 Å². The molecule has 0 amide bonds. The second-order valence-corrected chi connectivity index (χ2v) is 8.71. The third kappa shape index (κ3) is 7.48. The Morgan fingerprint density at radius 1 is 0.912 bits per heavy atom. The molecule has 0 aliphatic rings. The summed E-state index contributed by atoms with van der Waals surface area (Å²) in [5.74, 6) is 0.379. The van der Waals surface area contributed by atoms with Gasteiger partial charge in [-0.2, -0.15) is 0 Å². The first-order chi connectivity index (χ1) is 16.4. The lowest BCUT2D eigenvalue weighted by Crippen LogP contribution is -2.09. The van der Waals surface area contributed by atoms with Crippen LogP contribution in [-0.4, -0.2) is 30.0 Å². The van der Waals surface area contributed by atoms with E-state index in [9.17, 15) is 4.79 Å². The first-order valence-electron chi connectivity index (χ1n) is 11.7. The molecule has 0 radical (unpaired) electrons. The molecule has 0 aliphatic carbocycles. The average molecular weight is 460 g/mol. The zero-order valence-electron chi connectivity index (χ0n) is 20.2. The van der Waals surface area contributed by atoms with Crippen molar-refractivity contribution in [3.05, 3.63) is 89.5 Å². The maximum atomic E-state index is 11.0. The number of hydrogen-bond donors (Lipinski definition) is 1. The molecule has 0 fully saturated rings. The molecule has 0 atom stereocenters. The molecule has 0 aliphatic heterocycles. The van der Waals surface area contributed by atoms with Crippen molar-refractivity contribution in [2.24, 2.45) is 11.1 Å². The fourth-order valence-electron chi connectivity index (χ4n) is 3.64. The van der Waals surface area contributed by atoms with Crippen molar-refractivity contribution in [3.63, 3.8) is 0 Å². The molecular weight excluding hydrogens is 426 g/mol. The lowest BCUT2D eigenvalue weighted by Gasteiger charge is -2.12. The van der Waals surface area contributed by atoms with Crippen LogP contribution in [0.5, 0.6) is 5.75 Å². The van der Waals surface area contributed by atoms with Crippen molar-refractivity contribution in [2.45, 2.75) is 40.0 Å². The number of rotatable bonds is 12. The predicted octanol–water partition coefficient (Wildman–Crippen LogP) is 6.53. The minimum absolute atomic E-state index is 0.0217. The summed E-state index contributed by atoms with van der Waals surface area (Å²) in [5, 5.41) is 13.5. The smallest absolute Gasteiger partial charge is 0.307 e. The highest BCUT2D eigenvalue weighted by Gasteiger charge is 2.10. The van der Waals surface area contributed by atoms with E-state index in [0.717, 1.165) is 35.2 Å². The van der Waals surface area contributed by atoms with Gasteiger partial charge in [0, 0.05) is 0 Å². The molecule has 0 heterocycles. The minimum Gasteiger partial charge on any atom is -0.490 e. The molecule has 0 spiro atoms. The Morgan fingerprint density at radius 2 is 1.62 bits per heavy atom. The maximum absolute atomic E-state index is 11.0. The van der Waals surface area contributed by atoms with Gasteiger partial charge in [0.05, 0.1) is 12.1 Å². The molecule has 0 unspecified atom stereocenters. The number of hydrogen-bond acceptors (Lipinski definition) is 4. The number of carbonyl (C=O) groups is 1. The Morgan fingerprint density at radius 3 is 2.29 bits per heavy atom. The van der Waals surface area contributed by atoms with E-state index in [1.807, 2.05) is 37.3 Å². The molecule has 0 saturated carbocycles. The van der Waals surface area contributed by atoms with Gasteiger partial charge in [0.25, 0.3) is 0 Å². The highest BCUT2D eigenvalue weighted by Crippen LogP contribution is 2.22. The summed E-state index contributed by atoms with van der Waals surface area (Å²) in [7, 11) is 0. The van der Waals surface area contributed by atoms with Crippen LogP contribution < -0.4 is 4.74 Å². The van der Waals surface area contributed by atoms with Crippen LogP contribution in [0.15, 0.2) is 78.0 Å². The molecule has 178 valence electrons. The third-order valence-electron chi connectivity index (χ3n) is 5.63. The van der Waals surface area contributed by atoms with Crippen LogP contribution in [0.25, 0.3) is 11.1 Å². The fourth-order valence-corrected chi connectivity index (χ4v) is 3.64. The number of nitrogens with zero attached hydrogens (tertiary/aromatic N) is 1. The standard InChI is InChI=1S/C29H33NO4/c1-21(2)12-17-27(25-15-13-24(14-16-25)23-8-5-4-6-9-23)30-34-19-18-33-28-11-7-10-26(22(28)3)20-29(31)32/h4-11,13-16,21H,12,17-20H2,1-3H3,(H,31,32). The SMILES string of the molecule is Cc1c(CC(=O)O)cccc1OCCON=C(CCC(C)C)c1ccc(-c2ccccc2)cc1. The largest absolute Gasteiger partial charge is 0.490 e. The third-order valence-corrected chi connectivity index (χ3v) is 5.63. The van der Waals surface area contributed by atoms with Crippen LogP contribution in [0.4, 0.5) is 0 Å². The molecular formula is C29H33NO4. The molecule has 0 bridgehead atoms. The number of carboxylic acids is 1. The van der Waals surface area contributed by atoms with Crippen LogP contribution in [-0.2, 0) is 16.1 Å². The van der Waals surface area contributed by atoms with Crippen molar-refractivity contribution in [3.8, 4) is 16.9 Å². The van der Waals surface area contributed by atoms with Crippen LogP contribution >= 0.6 is 0 Å². The zero-order chi connectivity index (χ0) is 24.3. The molecule has 3 aromatic carbocycles. The highest BCUT2D eigenvalue weighted by molar-refractivity contribution is 6.00. The molecule has 1 N–H and O–H groups in total. The van der Waals surface area contributed by atoms with Crippen LogP contribution in [0.2, 0.25) is 0 Å². The Bertz CT molecular complexity index is 1090. The summed E-state index contributed by atoms with van der Waals surface area (Å²) >= 11 is 0. The van der Waals surface area contributed by atoms with Gasteiger partial charge in [-0.25, -0.2) is 0 Å². The van der Waals surface area contributed by atoms with Gasteiger partial charge in [-0.15, -0.1) is 0 Å². The van der Waals surface area contributed by atoms with Crippen LogP contribution in [0.3, 0.4) is 0 Å². The summed E-state index contributed by atoms with van der Waals surface area (Å²) in [6, 6.07) is 24.2. The summed E-state index contributed by atoms with van der Waals surface area (Å²) in [6.07, 6.45) is 1.83. The Balaban J connectivity index is 1.61. The first kappa shape index (κ1) is 25.0. The van der Waals surface area contributed by atoms with Crippen molar-refractivity contribution in [2.75, 3.05) is 13.2 Å². The quantitative estimate of drug-likeness (QED) is 0.190. The Labute approximate surface area is 202 Å². The van der Waals surface area contributed by atoms with Gasteiger partial charge >= 0.3 is 5.97 Å². The fraction of sp³-hybridized carbons (Fsp3) is 0.310. The summed E-state index contributed by atoms with van der Waals surface area (Å²) in [5.41, 5.74) is 5.92. The van der Waals surface area contributed by atoms with Gasteiger partial charge in [0.15, 0.2) is 6.61 Å². The number of benzene rings is 3. The second-order valence-electron chi connectivity index (χ2n) is 8.71. The number of carboxylic acid groups (broad SMARTS) is 1. The van der Waals surface area contributed by atoms with Gasteiger partial charge in [-0.3, -0.25) is 4.79 Å². The van der Waals surface area contributed by atoms with E-state index in [1.165, 1.54) is 11.1 Å². The van der Waals surface area contributed by atoms with Crippen LogP contribution in [0.1, 0.15) is 43.4 Å². The van der Waals surface area contributed by atoms with Gasteiger partial charge < -0.3 is 14.7 Å². The van der Waals surface area contributed by atoms with Crippen molar-refractivity contribution in [1.29, 1.82) is 0 Å². The van der Waals surface area contributed by atoms with Gasteiger partial charge in [-0.1, -0.05) is 85.7 Å². The predicted molar refractivity (Wildman–Crippen MR) is 136 cm³/mol. The lowest BCUT2D eigenvalue weighted by atomic mass is 9.98. The Kier molecular flexibility index (Phi) is 9.27. The molecule has 0 saturated heterocycles. The minimum atomic E-state index is -0.858. The lowest BCUT2D eigenvalue weighted by molar-refractivity contribution is -0.136. The van der Waals surface area contributed by atoms with Gasteiger partial charge in [-0.05, 0) is 59.6 Å². The number of oxime groups is 1. The van der Waals surface area contributed by atoms with Crippen molar-refractivity contribution >= 4 is 11.7 Å². The first-order valence-corrected chi connectivity index (χ1v) is 11.7. The highest BCUT2D eigenvalue weighted by atomic mass is 16.6. The monoisotopic (exact) mass is 459 g/mol. The van der Waals surface area contributed by atoms with E-state index in [1.54, 1.807) is 6.07 Å². The van der Waals surface area contributed by atoms with E-state index in [0.29, 0.717) is 24.9 Å². The summed E-state index contributed by atoms with van der Waals surface area (Å²) in [6.45, 7) is 6.90. The van der Waals surface area contributed by atoms with Crippen molar-refractivity contribution in [1.82, 2.24) is 0 Å². The molecule has 0 aromatic heterocycles. The van der Waals surface area contributed by atoms with Crippen LogP contribution in [0, 0.1) is 12.8 Å². The molecule has 34 heavy (non-hydrogen) atoms. The van der Waals surface area contributed by atoms with E-state index < -0.39 is 5.97 Å². The van der Waals surface area contributed by atoms with E-state index >= 15 is 0 Å². The topological polar surface area (TPSA) is 68.1 Å². The maximum Gasteiger partial charge on any atom is 0.307 e. The molecule has 3 rings (SSSR count). The average Bonchev–Trinajstić information content (AvgIpc) is 2.83. The molecule has 5 heteroatoms.